The molecule has 0 saturated heterocycles. The van der Waals surface area contributed by atoms with Gasteiger partial charge in [-0.2, -0.15) is 0 Å². The van der Waals surface area contributed by atoms with E-state index in [0.29, 0.717) is 0 Å². The quantitative estimate of drug-likeness (QED) is 0.485. The van der Waals surface area contributed by atoms with Crippen molar-refractivity contribution in [1.82, 2.24) is 0 Å². The molecule has 0 heterocycles. The van der Waals surface area contributed by atoms with E-state index in [1.165, 1.54) is 0 Å². The van der Waals surface area contributed by atoms with Gasteiger partial charge in [-0.05, 0) is 25.2 Å². The first-order valence-electron chi connectivity index (χ1n) is 5.52. The Kier molecular flexibility index (Phi) is 6.13. The first-order valence-corrected chi connectivity index (χ1v) is 5.52. The number of aliphatic carboxylic acids is 2. The molecule has 0 atom stereocenters. The molecule has 0 amide bonds. The van der Waals surface area contributed by atoms with Gasteiger partial charge in [0.2, 0.25) is 0 Å². The van der Waals surface area contributed by atoms with Gasteiger partial charge in [0.1, 0.15) is 0 Å². The molecule has 0 unspecified atom stereocenters. The molecule has 88 valence electrons. The molecule has 0 aromatic heterocycles. The summed E-state index contributed by atoms with van der Waals surface area (Å²) in [6.07, 6.45) is 4.62. The van der Waals surface area contributed by atoms with Gasteiger partial charge in [-0.3, -0.25) is 9.59 Å². The van der Waals surface area contributed by atoms with Crippen LogP contribution in [0.1, 0.15) is 46.9 Å². The predicted molar refractivity (Wildman–Crippen MR) is 55.7 cm³/mol. The second-order valence-corrected chi connectivity index (χ2v) is 4.27. The summed E-state index contributed by atoms with van der Waals surface area (Å²) >= 11 is 0. The molecule has 5 heteroatoms. The number of rotatable bonds is 4. The summed E-state index contributed by atoms with van der Waals surface area (Å²) in [6.45, 7) is 1.65. The SMILES string of the molecule is CCC(C(=O)O)(C(=O)O)C1CCCCC1.[H-].[Li+]. The molecule has 1 aliphatic rings. The van der Waals surface area contributed by atoms with E-state index in [-0.39, 0.29) is 32.6 Å². The molecule has 1 fully saturated rings. The van der Waals surface area contributed by atoms with Crippen LogP contribution in [0.3, 0.4) is 0 Å². The maximum Gasteiger partial charge on any atom is 1.00 e. The third-order valence-corrected chi connectivity index (χ3v) is 3.62. The average molecular weight is 222 g/mol. The molecule has 1 saturated carbocycles. The van der Waals surface area contributed by atoms with Crippen LogP contribution in [-0.4, -0.2) is 22.2 Å². The minimum atomic E-state index is -1.56. The van der Waals surface area contributed by atoms with Crippen LogP contribution in [0.4, 0.5) is 0 Å². The van der Waals surface area contributed by atoms with Gasteiger partial charge in [0.15, 0.2) is 5.41 Å². The standard InChI is InChI=1S/C11H18O4.Li.H/c1-2-11(9(12)13,10(14)15)8-6-4-3-5-7-8;;/h8H,2-7H2,1H3,(H,12,13)(H,14,15);;/q;+1;-1. The Morgan fingerprint density at radius 3 is 1.94 bits per heavy atom. The van der Waals surface area contributed by atoms with Crippen molar-refractivity contribution in [1.29, 1.82) is 0 Å². The van der Waals surface area contributed by atoms with E-state index in [4.69, 9.17) is 10.2 Å². The van der Waals surface area contributed by atoms with Crippen LogP contribution in [0.5, 0.6) is 0 Å². The summed E-state index contributed by atoms with van der Waals surface area (Å²) in [5.41, 5.74) is -1.56. The summed E-state index contributed by atoms with van der Waals surface area (Å²) in [6, 6.07) is 0. The van der Waals surface area contributed by atoms with Crippen molar-refractivity contribution in [3.63, 3.8) is 0 Å². The zero-order valence-corrected chi connectivity index (χ0v) is 10.0. The molecule has 0 spiro atoms. The zero-order chi connectivity index (χ0) is 11.5. The van der Waals surface area contributed by atoms with E-state index in [1.807, 2.05) is 0 Å². The fourth-order valence-electron chi connectivity index (χ4n) is 2.63. The van der Waals surface area contributed by atoms with Gasteiger partial charge in [-0.25, -0.2) is 0 Å². The van der Waals surface area contributed by atoms with Crippen molar-refractivity contribution in [3.05, 3.63) is 0 Å². The van der Waals surface area contributed by atoms with Crippen LogP contribution in [0, 0.1) is 11.3 Å². The van der Waals surface area contributed by atoms with Crippen molar-refractivity contribution in [2.75, 3.05) is 0 Å². The average Bonchev–Trinajstić information content (AvgIpc) is 2.20. The molecule has 2 N–H and O–H groups in total. The molecular formula is C11H19LiO4. The van der Waals surface area contributed by atoms with E-state index >= 15 is 0 Å². The van der Waals surface area contributed by atoms with Gasteiger partial charge in [0.25, 0.3) is 0 Å². The summed E-state index contributed by atoms with van der Waals surface area (Å²) in [4.78, 5) is 22.4. The molecule has 1 rings (SSSR count). The molecule has 16 heavy (non-hydrogen) atoms. The minimum Gasteiger partial charge on any atom is -1.00 e. The van der Waals surface area contributed by atoms with Crippen LogP contribution in [-0.2, 0) is 9.59 Å². The van der Waals surface area contributed by atoms with Crippen LogP contribution >= 0.6 is 0 Å². The van der Waals surface area contributed by atoms with Crippen LogP contribution < -0.4 is 18.9 Å². The number of hydrogen-bond donors (Lipinski definition) is 2. The topological polar surface area (TPSA) is 74.6 Å². The summed E-state index contributed by atoms with van der Waals surface area (Å²) in [5.74, 6) is -2.56. The second kappa shape index (κ2) is 6.32. The molecule has 0 bridgehead atoms. The third-order valence-electron chi connectivity index (χ3n) is 3.62. The van der Waals surface area contributed by atoms with E-state index in [0.717, 1.165) is 32.1 Å². The predicted octanol–water partition coefficient (Wildman–Crippen LogP) is -0.751. The Bertz CT molecular complexity index is 250. The minimum absolute atomic E-state index is 0. The van der Waals surface area contributed by atoms with E-state index in [1.54, 1.807) is 6.92 Å². The summed E-state index contributed by atoms with van der Waals surface area (Å²) in [5, 5.41) is 18.3. The Morgan fingerprint density at radius 2 is 1.62 bits per heavy atom. The summed E-state index contributed by atoms with van der Waals surface area (Å²) < 4.78 is 0. The Labute approximate surface area is 109 Å². The van der Waals surface area contributed by atoms with E-state index in [2.05, 4.69) is 0 Å². The number of hydrogen-bond acceptors (Lipinski definition) is 2. The second-order valence-electron chi connectivity index (χ2n) is 4.27. The summed E-state index contributed by atoms with van der Waals surface area (Å²) in [7, 11) is 0. The molecule has 0 radical (unpaired) electrons. The van der Waals surface area contributed by atoms with Gasteiger partial charge < -0.3 is 11.6 Å². The van der Waals surface area contributed by atoms with Crippen molar-refractivity contribution in [3.8, 4) is 0 Å². The molecule has 0 aromatic carbocycles. The largest absolute Gasteiger partial charge is 1.00 e. The van der Waals surface area contributed by atoms with Gasteiger partial charge in [0, 0.05) is 0 Å². The number of carbonyl (C=O) groups is 2. The number of carboxylic acid groups (broad SMARTS) is 2. The fraction of sp³-hybridized carbons (Fsp3) is 0.818. The molecule has 1 aliphatic carbocycles. The third kappa shape index (κ3) is 2.61. The van der Waals surface area contributed by atoms with Crippen LogP contribution in [0.2, 0.25) is 0 Å². The van der Waals surface area contributed by atoms with Crippen LogP contribution in [0.15, 0.2) is 0 Å². The van der Waals surface area contributed by atoms with Crippen LogP contribution in [0.25, 0.3) is 0 Å². The first-order chi connectivity index (χ1) is 7.05. The fourth-order valence-corrected chi connectivity index (χ4v) is 2.63. The van der Waals surface area contributed by atoms with E-state index < -0.39 is 17.4 Å². The monoisotopic (exact) mass is 222 g/mol. The maximum absolute atomic E-state index is 11.2. The van der Waals surface area contributed by atoms with Crippen molar-refractivity contribution in [2.24, 2.45) is 11.3 Å². The maximum atomic E-state index is 11.2. The van der Waals surface area contributed by atoms with Gasteiger partial charge in [-0.15, -0.1) is 0 Å². The zero-order valence-electron chi connectivity index (χ0n) is 11.0. The first kappa shape index (κ1) is 15.5. The van der Waals surface area contributed by atoms with Crippen molar-refractivity contribution < 1.29 is 40.1 Å². The normalized spacial score (nSPS) is 17.6. The molecular weight excluding hydrogens is 203 g/mol. The molecule has 0 aromatic rings. The number of carboxylic acids is 2. The smallest absolute Gasteiger partial charge is 1.00 e. The Morgan fingerprint density at radius 1 is 1.19 bits per heavy atom. The molecule has 0 aliphatic heterocycles. The van der Waals surface area contributed by atoms with Crippen molar-refractivity contribution in [2.45, 2.75) is 45.4 Å². The molecule has 4 nitrogen and oxygen atoms in total. The van der Waals surface area contributed by atoms with Gasteiger partial charge in [0.05, 0.1) is 0 Å². The van der Waals surface area contributed by atoms with Gasteiger partial charge in [-0.1, -0.05) is 26.2 Å². The van der Waals surface area contributed by atoms with Gasteiger partial charge >= 0.3 is 30.8 Å². The van der Waals surface area contributed by atoms with E-state index in [9.17, 15) is 9.59 Å². The Hall–Kier alpha value is -0.463. The van der Waals surface area contributed by atoms with Crippen molar-refractivity contribution >= 4 is 11.9 Å². The Balaban J connectivity index is 0.